The van der Waals surface area contributed by atoms with Crippen molar-refractivity contribution in [3.63, 3.8) is 0 Å². The summed E-state index contributed by atoms with van der Waals surface area (Å²) >= 11 is 5.80. The van der Waals surface area contributed by atoms with Crippen molar-refractivity contribution >= 4 is 23.4 Å². The molecule has 22 heavy (non-hydrogen) atoms. The summed E-state index contributed by atoms with van der Waals surface area (Å²) in [5.74, 6) is -0.920. The minimum Gasteiger partial charge on any atom is -0.482 e. The maximum absolute atomic E-state index is 12.9. The van der Waals surface area contributed by atoms with E-state index in [4.69, 9.17) is 16.3 Å². The van der Waals surface area contributed by atoms with Gasteiger partial charge in [-0.05, 0) is 39.0 Å². The molecule has 0 fully saturated rings. The number of amides is 2. The zero-order chi connectivity index (χ0) is 16.9. The summed E-state index contributed by atoms with van der Waals surface area (Å²) in [4.78, 5) is 24.9. The van der Waals surface area contributed by atoms with E-state index < -0.39 is 5.82 Å². The van der Waals surface area contributed by atoms with E-state index in [1.165, 1.54) is 24.1 Å². The number of hydrogen-bond donors (Lipinski definition) is 1. The fourth-order valence-corrected chi connectivity index (χ4v) is 1.83. The molecule has 2 amide bonds. The van der Waals surface area contributed by atoms with Crippen molar-refractivity contribution in [2.24, 2.45) is 0 Å². The Morgan fingerprint density at radius 1 is 1.36 bits per heavy atom. The highest BCUT2D eigenvalue weighted by Gasteiger charge is 2.18. The third-order valence-corrected chi connectivity index (χ3v) is 2.86. The van der Waals surface area contributed by atoms with Crippen LogP contribution >= 0.6 is 11.6 Å². The summed E-state index contributed by atoms with van der Waals surface area (Å²) in [5, 5.41) is 2.84. The number of rotatable bonds is 5. The second kappa shape index (κ2) is 7.45. The molecule has 0 saturated heterocycles. The molecule has 0 aliphatic carbocycles. The summed E-state index contributed by atoms with van der Waals surface area (Å²) in [7, 11) is 1.50. The van der Waals surface area contributed by atoms with Crippen molar-refractivity contribution in [2.75, 3.05) is 20.2 Å². The second-order valence-corrected chi connectivity index (χ2v) is 6.32. The lowest BCUT2D eigenvalue weighted by molar-refractivity contribution is -0.136. The average Bonchev–Trinajstić information content (AvgIpc) is 2.34. The molecule has 5 nitrogen and oxygen atoms in total. The summed E-state index contributed by atoms with van der Waals surface area (Å²) in [6.45, 7) is 5.20. The first-order valence-electron chi connectivity index (χ1n) is 6.71. The van der Waals surface area contributed by atoms with E-state index in [9.17, 15) is 14.0 Å². The summed E-state index contributed by atoms with van der Waals surface area (Å²) in [6.07, 6.45) is 0. The molecule has 122 valence electrons. The number of ether oxygens (including phenoxy) is 1. The quantitative estimate of drug-likeness (QED) is 0.900. The molecule has 1 aromatic carbocycles. The van der Waals surface area contributed by atoms with E-state index in [1.807, 2.05) is 20.8 Å². The lowest BCUT2D eigenvalue weighted by atomic mass is 10.1. The molecule has 0 unspecified atom stereocenters. The van der Waals surface area contributed by atoms with Crippen molar-refractivity contribution in [3.8, 4) is 5.75 Å². The molecule has 0 radical (unpaired) electrons. The molecule has 0 heterocycles. The number of likely N-dealkylation sites (N-methyl/N-ethyl adjacent to an activating group) is 1. The first kappa shape index (κ1) is 18.2. The first-order chi connectivity index (χ1) is 10.1. The highest BCUT2D eigenvalue weighted by Crippen LogP contribution is 2.24. The van der Waals surface area contributed by atoms with Gasteiger partial charge in [0.1, 0.15) is 11.6 Å². The number of nitrogens with one attached hydrogen (secondary N) is 1. The van der Waals surface area contributed by atoms with Gasteiger partial charge >= 0.3 is 0 Å². The Morgan fingerprint density at radius 2 is 2.00 bits per heavy atom. The average molecular weight is 331 g/mol. The molecule has 1 rings (SSSR count). The zero-order valence-electron chi connectivity index (χ0n) is 13.1. The van der Waals surface area contributed by atoms with Gasteiger partial charge in [0, 0.05) is 12.6 Å². The van der Waals surface area contributed by atoms with E-state index in [1.54, 1.807) is 0 Å². The predicted octanol–water partition coefficient (Wildman–Crippen LogP) is 2.23. The highest BCUT2D eigenvalue weighted by molar-refractivity contribution is 6.32. The Labute approximate surface area is 134 Å². The molecule has 0 bridgehead atoms. The first-order valence-corrected chi connectivity index (χ1v) is 7.09. The van der Waals surface area contributed by atoms with Crippen LogP contribution in [0.15, 0.2) is 18.2 Å². The summed E-state index contributed by atoms with van der Waals surface area (Å²) in [6, 6.07) is 3.63. The van der Waals surface area contributed by atoms with Crippen molar-refractivity contribution in [2.45, 2.75) is 26.3 Å². The molecule has 0 atom stereocenters. The van der Waals surface area contributed by atoms with Crippen LogP contribution in [0.3, 0.4) is 0 Å². The van der Waals surface area contributed by atoms with E-state index in [0.29, 0.717) is 0 Å². The lowest BCUT2D eigenvalue weighted by Gasteiger charge is -2.23. The zero-order valence-corrected chi connectivity index (χ0v) is 13.8. The second-order valence-electron chi connectivity index (χ2n) is 5.91. The van der Waals surface area contributed by atoms with Crippen molar-refractivity contribution in [1.29, 1.82) is 0 Å². The van der Waals surface area contributed by atoms with E-state index in [-0.39, 0.29) is 41.3 Å². The largest absolute Gasteiger partial charge is 0.482 e. The van der Waals surface area contributed by atoms with Crippen LogP contribution in [-0.4, -0.2) is 42.5 Å². The van der Waals surface area contributed by atoms with Crippen LogP contribution in [0.25, 0.3) is 0 Å². The number of benzene rings is 1. The Morgan fingerprint density at radius 3 is 2.55 bits per heavy atom. The molecular weight excluding hydrogens is 311 g/mol. The molecule has 7 heteroatoms. The molecule has 0 aliphatic rings. The fraction of sp³-hybridized carbons (Fsp3) is 0.467. The van der Waals surface area contributed by atoms with Crippen LogP contribution in [0.2, 0.25) is 5.02 Å². The van der Waals surface area contributed by atoms with Crippen molar-refractivity contribution in [3.05, 3.63) is 29.0 Å². The molecule has 1 N–H and O–H groups in total. The van der Waals surface area contributed by atoms with Gasteiger partial charge in [0.25, 0.3) is 5.91 Å². The van der Waals surface area contributed by atoms with Gasteiger partial charge in [0.2, 0.25) is 5.91 Å². The molecular formula is C15H20ClFN2O3. The number of hydrogen-bond acceptors (Lipinski definition) is 3. The molecule has 0 saturated carbocycles. The van der Waals surface area contributed by atoms with E-state index in [0.717, 1.165) is 6.07 Å². The smallest absolute Gasteiger partial charge is 0.260 e. The van der Waals surface area contributed by atoms with Crippen molar-refractivity contribution < 1.29 is 18.7 Å². The maximum atomic E-state index is 12.9. The van der Waals surface area contributed by atoms with Gasteiger partial charge in [0.15, 0.2) is 6.61 Å². The topological polar surface area (TPSA) is 58.6 Å². The molecule has 1 aromatic rings. The molecule has 0 aromatic heterocycles. The molecule has 0 aliphatic heterocycles. The van der Waals surface area contributed by atoms with Crippen LogP contribution in [-0.2, 0) is 9.59 Å². The Bertz CT molecular complexity index is 558. The SMILES string of the molecule is CN(CC(=O)NC(C)(C)C)C(=O)COc1ccc(F)cc1Cl. The Kier molecular flexibility index (Phi) is 6.17. The van der Waals surface area contributed by atoms with Gasteiger partial charge in [-0.15, -0.1) is 0 Å². The van der Waals surface area contributed by atoms with Gasteiger partial charge in [-0.3, -0.25) is 9.59 Å². The number of halogens is 2. The molecule has 0 spiro atoms. The normalized spacial score (nSPS) is 11.0. The summed E-state index contributed by atoms with van der Waals surface area (Å²) in [5.41, 5.74) is -0.362. The van der Waals surface area contributed by atoms with Crippen LogP contribution in [0, 0.1) is 5.82 Å². The number of nitrogens with zero attached hydrogens (tertiary/aromatic N) is 1. The number of carbonyl (C=O) groups excluding carboxylic acids is 2. The number of carbonyl (C=O) groups is 2. The fourth-order valence-electron chi connectivity index (χ4n) is 1.60. The standard InChI is InChI=1S/C15H20ClFN2O3/c1-15(2,3)18-13(20)8-19(4)14(21)9-22-12-6-5-10(17)7-11(12)16/h5-7H,8-9H2,1-4H3,(H,18,20). The Balaban J connectivity index is 2.49. The maximum Gasteiger partial charge on any atom is 0.260 e. The van der Waals surface area contributed by atoms with Gasteiger partial charge < -0.3 is 15.0 Å². The lowest BCUT2D eigenvalue weighted by Crippen LogP contribution is -2.47. The Hall–Kier alpha value is -1.82. The van der Waals surface area contributed by atoms with Crippen molar-refractivity contribution in [1.82, 2.24) is 10.2 Å². The van der Waals surface area contributed by atoms with Crippen LogP contribution in [0.1, 0.15) is 20.8 Å². The van der Waals surface area contributed by atoms with Crippen LogP contribution in [0.5, 0.6) is 5.75 Å². The van der Waals surface area contributed by atoms with E-state index >= 15 is 0 Å². The highest BCUT2D eigenvalue weighted by atomic mass is 35.5. The minimum absolute atomic E-state index is 0.0728. The monoisotopic (exact) mass is 330 g/mol. The van der Waals surface area contributed by atoms with Gasteiger partial charge in [0.05, 0.1) is 11.6 Å². The van der Waals surface area contributed by atoms with Gasteiger partial charge in [-0.1, -0.05) is 11.6 Å². The predicted molar refractivity (Wildman–Crippen MR) is 82.4 cm³/mol. The third-order valence-electron chi connectivity index (χ3n) is 2.57. The van der Waals surface area contributed by atoms with Gasteiger partial charge in [-0.25, -0.2) is 4.39 Å². The third kappa shape index (κ3) is 6.30. The van der Waals surface area contributed by atoms with Gasteiger partial charge in [-0.2, -0.15) is 0 Å². The van der Waals surface area contributed by atoms with Crippen LogP contribution in [0.4, 0.5) is 4.39 Å². The van der Waals surface area contributed by atoms with Crippen LogP contribution < -0.4 is 10.1 Å². The minimum atomic E-state index is -0.486. The van der Waals surface area contributed by atoms with E-state index in [2.05, 4.69) is 5.32 Å². The summed E-state index contributed by atoms with van der Waals surface area (Å²) < 4.78 is 18.1.